The average Bonchev–Trinajstić information content (AvgIpc) is 1.64. The number of hydrogen-bond donors (Lipinski definition) is 7. The molecule has 3 amide bonds. The molecule has 0 bridgehead atoms. The Morgan fingerprint density at radius 2 is 0.701 bits per heavy atom. The zero-order valence-corrected chi connectivity index (χ0v) is 83.4. The number of nitrogens with one attached hydrogen (secondary N) is 6. The summed E-state index contributed by atoms with van der Waals surface area (Å²) in [6.07, 6.45) is 7.40. The van der Waals surface area contributed by atoms with E-state index in [1.807, 2.05) is 32.7 Å². The summed E-state index contributed by atoms with van der Waals surface area (Å²) < 4.78 is 176. The molecule has 18 rings (SSSR count). The molecule has 0 atom stereocenters. The van der Waals surface area contributed by atoms with E-state index in [2.05, 4.69) is 36.8 Å². The minimum absolute atomic E-state index is 0.00771. The van der Waals surface area contributed by atoms with E-state index in [4.69, 9.17) is 38.3 Å². The van der Waals surface area contributed by atoms with Crippen LogP contribution >= 0.6 is 0 Å². The smallest absolute Gasteiger partial charge is 0.410 e. The molecule has 6 aromatic rings. The van der Waals surface area contributed by atoms with Gasteiger partial charge in [0.2, 0.25) is 56.0 Å². The molecule has 0 unspecified atom stereocenters. The predicted molar refractivity (Wildman–Crippen MR) is 507 cm³/mol. The maximum Gasteiger partial charge on any atom is 0.410 e. The van der Waals surface area contributed by atoms with Gasteiger partial charge in [0.15, 0.2) is 17.3 Å². The number of methoxy groups -OCH3 is 2. The number of piperidine rings is 6. The highest BCUT2D eigenvalue weighted by Gasteiger charge is 2.56. The van der Waals surface area contributed by atoms with Gasteiger partial charge < -0.3 is 79.5 Å². The van der Waals surface area contributed by atoms with Gasteiger partial charge in [0.25, 0.3) is 5.91 Å². The fourth-order valence-corrected chi connectivity index (χ4v) is 28.0. The summed E-state index contributed by atoms with van der Waals surface area (Å²) in [5.41, 5.74) is -1.77. The molecule has 6 aromatic carbocycles. The Bertz CT molecular complexity index is 5810. The molecule has 12 saturated heterocycles. The van der Waals surface area contributed by atoms with Crippen molar-refractivity contribution in [2.75, 3.05) is 172 Å². The molecular weight excluding hydrogens is 1870 g/mol. The molecule has 12 fully saturated rings. The zero-order chi connectivity index (χ0) is 98.6. The first kappa shape index (κ1) is 106. The molecule has 0 aliphatic carbocycles. The van der Waals surface area contributed by atoms with Crippen LogP contribution in [0.3, 0.4) is 0 Å². The molecule has 12 aliphatic heterocycles. The van der Waals surface area contributed by atoms with Crippen LogP contribution in [0.4, 0.5) is 4.79 Å². The standard InChI is InChI=1S/C19H28N2O6S.C16H20N2O3.C15H19N3O4S.C15H22N2O4S.C15H20N2O4S.C14H21N3O3S/c1-18(2,3)27-17(23)20-10-8-19(9-11-20)21(12-13-26-19)28(24,25)16-6-4-15(14-22)5-7-16;1-12(19)13-2-4-14(5-3-13)15(20)18-10-11-21-16(18)6-8-17-9-7-16;1-11(19)12-2-4-13(5-3-12)23(21,22)18-10-14(20)17-15(18)6-8-16-9-7-15;1-16-9-7-15(8-10-16)17(11-12-21-15)22(18,19)14-5-3-13(20-2)4-6-14;1-12(18)13-2-4-14(5-3-13)22(19,20)17-10-11-21-15(17)6-8-16-9-7-15;1-20-12-2-4-13(5-3-12)21(18,19)17-11-10-16-14(17)6-8-15-9-7-14/h4-7,22H,8-14H2,1-3H3;2-5,17H,6-11H2,1H3;2-5,16H,6-10H2,1H3,(H,17,20);3-6H,7-12H2,1-2H3;2-5,16H,6-11H2,1H3;2-5,15-16H,6-11H2,1H3. The topological polar surface area (TPSA) is 456 Å². The Labute approximate surface area is 804 Å². The summed E-state index contributed by atoms with van der Waals surface area (Å²) >= 11 is 0. The first-order chi connectivity index (χ1) is 65.1. The summed E-state index contributed by atoms with van der Waals surface area (Å²) in [4.78, 5) is 77.6. The predicted octanol–water partition coefficient (Wildman–Crippen LogP) is 5.95. The van der Waals surface area contributed by atoms with Gasteiger partial charge in [0.05, 0.1) is 83.9 Å². The van der Waals surface area contributed by atoms with Crippen molar-refractivity contribution < 1.29 is 109 Å². The molecule has 137 heavy (non-hydrogen) atoms. The lowest BCUT2D eigenvalue weighted by molar-refractivity contribution is -0.119. The number of carbonyl (C=O) groups is 6. The normalized spacial score (nSPS) is 21.6. The van der Waals surface area contributed by atoms with Crippen LogP contribution in [-0.4, -0.2) is 331 Å². The molecule has 0 radical (unpaired) electrons. The molecule has 43 heteroatoms. The van der Waals surface area contributed by atoms with Gasteiger partial charge in [0, 0.05) is 139 Å². The monoisotopic (exact) mass is 2000 g/mol. The van der Waals surface area contributed by atoms with Crippen LogP contribution in [0.1, 0.15) is 166 Å². The maximum atomic E-state index is 13.2. The van der Waals surface area contributed by atoms with E-state index in [0.717, 1.165) is 78.0 Å². The number of Topliss-reactive ketones (excluding diaryl/α,β-unsaturated/α-hetero) is 3. The van der Waals surface area contributed by atoms with Crippen LogP contribution in [0.2, 0.25) is 0 Å². The number of likely N-dealkylation sites (tertiary alicyclic amines) is 2. The van der Waals surface area contributed by atoms with Gasteiger partial charge in [0.1, 0.15) is 45.7 Å². The number of ether oxygens (including phenoxy) is 7. The number of sulfonamides is 5. The SMILES string of the molecule is CC(=O)c1ccc(C(=O)N2CCOC23CCNCC3)cc1.CC(=O)c1ccc(S(=O)(=O)N2CC(=O)NC23CCNCC3)cc1.CC(=O)c1ccc(S(=O)(=O)N2CCOC23CCNCC3)cc1.CC(C)(C)OC(=O)N1CCC2(CC1)OCCN2S(=O)(=O)c1ccc(CO)cc1.COc1ccc(S(=O)(=O)N2CCNC23CCNCC3)cc1.COc1ccc(S(=O)(=O)N2CCOC23CCN(C)CC3)cc1. The van der Waals surface area contributed by atoms with Crippen LogP contribution in [0.25, 0.3) is 0 Å². The second-order valence-electron chi connectivity index (χ2n) is 36.7. The van der Waals surface area contributed by atoms with E-state index in [1.165, 1.54) is 82.2 Å². The number of nitrogens with zero attached hydrogens (tertiary/aromatic N) is 8. The molecule has 0 aromatic heterocycles. The van der Waals surface area contributed by atoms with Gasteiger partial charge in [-0.2, -0.15) is 21.5 Å². The number of carbonyl (C=O) groups excluding carboxylic acids is 6. The van der Waals surface area contributed by atoms with Crippen molar-refractivity contribution in [3.05, 3.63) is 173 Å². The van der Waals surface area contributed by atoms with Crippen molar-refractivity contribution in [3.63, 3.8) is 0 Å². The Hall–Kier alpha value is -8.75. The maximum absolute atomic E-state index is 13.2. The number of ketones is 3. The lowest BCUT2D eigenvalue weighted by Gasteiger charge is -2.42. The number of aliphatic hydroxyl groups excluding tert-OH is 1. The van der Waals surface area contributed by atoms with Crippen LogP contribution in [0.15, 0.2) is 170 Å². The second-order valence-corrected chi connectivity index (χ2v) is 46.0. The molecule has 750 valence electrons. The fourth-order valence-electron chi connectivity index (χ4n) is 19.4. The Balaban J connectivity index is 0.000000139. The Kier molecular flexibility index (Phi) is 34.1. The van der Waals surface area contributed by atoms with E-state index in [-0.39, 0.29) is 68.4 Å². The molecule has 6 spiro atoms. The van der Waals surface area contributed by atoms with E-state index in [1.54, 1.807) is 125 Å². The molecule has 12 aliphatic rings. The highest BCUT2D eigenvalue weighted by molar-refractivity contribution is 7.90. The summed E-state index contributed by atoms with van der Waals surface area (Å²) in [5, 5.41) is 28.4. The number of benzene rings is 6. The van der Waals surface area contributed by atoms with Gasteiger partial charge in [-0.05, 0) is 229 Å². The van der Waals surface area contributed by atoms with Gasteiger partial charge in [-0.25, -0.2) is 46.9 Å². The minimum Gasteiger partial charge on any atom is -0.497 e. The van der Waals surface area contributed by atoms with Gasteiger partial charge in [-0.3, -0.25) is 29.3 Å². The molecule has 7 N–H and O–H groups in total. The van der Waals surface area contributed by atoms with Crippen LogP contribution < -0.4 is 41.4 Å². The van der Waals surface area contributed by atoms with E-state index in [9.17, 15) is 70.9 Å². The van der Waals surface area contributed by atoms with Crippen molar-refractivity contribution in [2.45, 2.75) is 190 Å². The molecular formula is C94H130N14O24S5. The zero-order valence-electron chi connectivity index (χ0n) is 79.3. The number of hydrogen-bond acceptors (Lipinski definition) is 30. The summed E-state index contributed by atoms with van der Waals surface area (Å²) in [7, 11) is -13.0. The molecule has 0 saturated carbocycles. The van der Waals surface area contributed by atoms with Gasteiger partial charge in [-0.1, -0.05) is 48.5 Å². The largest absolute Gasteiger partial charge is 0.497 e. The van der Waals surface area contributed by atoms with Gasteiger partial charge in [-0.15, -0.1) is 0 Å². The second kappa shape index (κ2) is 44.2. The molecule has 38 nitrogen and oxygen atoms in total. The third-order valence-electron chi connectivity index (χ3n) is 27.0. The quantitative estimate of drug-likeness (QED) is 0.0518. The lowest BCUT2D eigenvalue weighted by atomic mass is 9.99. The van der Waals surface area contributed by atoms with Crippen molar-refractivity contribution in [2.24, 2.45) is 0 Å². The van der Waals surface area contributed by atoms with Crippen molar-refractivity contribution in [1.82, 2.24) is 68.1 Å². The average molecular weight is 2000 g/mol. The first-order valence-electron chi connectivity index (χ1n) is 46.5. The van der Waals surface area contributed by atoms with E-state index in [0.29, 0.717) is 181 Å². The van der Waals surface area contributed by atoms with Crippen LogP contribution in [-0.2, 0) is 85.2 Å². The summed E-state index contributed by atoms with van der Waals surface area (Å²) in [5.74, 6) is 0.814. The number of amides is 3. The Morgan fingerprint density at radius 1 is 0.380 bits per heavy atom. The highest BCUT2D eigenvalue weighted by atomic mass is 32.2. The van der Waals surface area contributed by atoms with Crippen molar-refractivity contribution in [1.29, 1.82) is 0 Å². The van der Waals surface area contributed by atoms with Gasteiger partial charge >= 0.3 is 6.09 Å². The molecule has 12 heterocycles. The number of rotatable bonds is 17. The van der Waals surface area contributed by atoms with E-state index < -0.39 is 96.0 Å². The number of aliphatic hydroxyl groups is 1. The summed E-state index contributed by atoms with van der Waals surface area (Å²) in [6, 6.07) is 38.1. The van der Waals surface area contributed by atoms with Crippen LogP contribution in [0.5, 0.6) is 11.5 Å². The first-order valence-corrected chi connectivity index (χ1v) is 53.7. The third-order valence-corrected chi connectivity index (χ3v) is 36.8. The third kappa shape index (κ3) is 23.7. The Morgan fingerprint density at radius 3 is 1.09 bits per heavy atom. The fraction of sp³-hybridized carbons (Fsp3) is 0.553. The van der Waals surface area contributed by atoms with Crippen molar-refractivity contribution in [3.8, 4) is 11.5 Å². The highest BCUT2D eigenvalue weighted by Crippen LogP contribution is 2.44. The van der Waals surface area contributed by atoms with Crippen molar-refractivity contribution >= 4 is 85.4 Å². The minimum atomic E-state index is -3.81. The summed E-state index contributed by atoms with van der Waals surface area (Å²) in [6.45, 7) is 22.9. The lowest BCUT2D eigenvalue weighted by Crippen LogP contribution is -2.59. The van der Waals surface area contributed by atoms with E-state index >= 15 is 0 Å². The van der Waals surface area contributed by atoms with Crippen LogP contribution in [0, 0.1) is 0 Å².